The molecule has 0 aromatic heterocycles. The van der Waals surface area contributed by atoms with Crippen molar-refractivity contribution >= 4 is 0 Å². The molecule has 0 aliphatic heterocycles. The summed E-state index contributed by atoms with van der Waals surface area (Å²) in [6.07, 6.45) is 6.44. The van der Waals surface area contributed by atoms with Gasteiger partial charge in [-0.3, -0.25) is 0 Å². The molecule has 1 saturated carbocycles. The zero-order chi connectivity index (χ0) is 12.0. The molecule has 16 heavy (non-hydrogen) atoms. The number of rotatable bonds is 6. The van der Waals surface area contributed by atoms with E-state index >= 15 is 0 Å². The van der Waals surface area contributed by atoms with Crippen molar-refractivity contribution in [2.24, 2.45) is 17.8 Å². The molecule has 0 saturated heterocycles. The van der Waals surface area contributed by atoms with Crippen LogP contribution in [0.15, 0.2) is 0 Å². The van der Waals surface area contributed by atoms with Crippen LogP contribution in [0.2, 0.25) is 0 Å². The van der Waals surface area contributed by atoms with E-state index in [0.29, 0.717) is 5.92 Å². The van der Waals surface area contributed by atoms with Crippen LogP contribution in [0.4, 0.5) is 0 Å². The summed E-state index contributed by atoms with van der Waals surface area (Å²) < 4.78 is 0. The van der Waals surface area contributed by atoms with Crippen molar-refractivity contribution in [3.8, 4) is 0 Å². The van der Waals surface area contributed by atoms with Gasteiger partial charge in [-0.15, -0.1) is 0 Å². The zero-order valence-electron chi connectivity index (χ0n) is 11.2. The molecule has 0 amide bonds. The maximum Gasteiger partial charge on any atom is 0.0689 e. The van der Waals surface area contributed by atoms with Crippen LogP contribution in [-0.2, 0) is 0 Å². The largest absolute Gasteiger partial charge is 0.392 e. The standard InChI is InChI=1S/C14H29NO/c1-4-11(2)14(16)10-15-9-13-8-6-5-7-12(13)3/h11-16H,4-10H2,1-3H3. The van der Waals surface area contributed by atoms with E-state index in [-0.39, 0.29) is 6.10 Å². The van der Waals surface area contributed by atoms with Crippen molar-refractivity contribution in [2.75, 3.05) is 13.1 Å². The van der Waals surface area contributed by atoms with Crippen LogP contribution in [0, 0.1) is 17.8 Å². The van der Waals surface area contributed by atoms with Crippen LogP contribution in [0.3, 0.4) is 0 Å². The molecule has 1 aliphatic rings. The van der Waals surface area contributed by atoms with Gasteiger partial charge >= 0.3 is 0 Å². The van der Waals surface area contributed by atoms with E-state index < -0.39 is 0 Å². The fourth-order valence-electron chi connectivity index (χ4n) is 2.59. The number of aliphatic hydroxyl groups excluding tert-OH is 1. The van der Waals surface area contributed by atoms with Crippen LogP contribution in [0.5, 0.6) is 0 Å². The molecule has 4 unspecified atom stereocenters. The Morgan fingerprint density at radius 1 is 1.31 bits per heavy atom. The van der Waals surface area contributed by atoms with E-state index in [1.165, 1.54) is 25.7 Å². The van der Waals surface area contributed by atoms with Gasteiger partial charge < -0.3 is 10.4 Å². The van der Waals surface area contributed by atoms with Gasteiger partial charge in [0.05, 0.1) is 6.10 Å². The minimum Gasteiger partial charge on any atom is -0.392 e. The van der Waals surface area contributed by atoms with Gasteiger partial charge in [-0.2, -0.15) is 0 Å². The lowest BCUT2D eigenvalue weighted by Gasteiger charge is -2.29. The maximum atomic E-state index is 9.85. The van der Waals surface area contributed by atoms with Gasteiger partial charge in [0.15, 0.2) is 0 Å². The van der Waals surface area contributed by atoms with Gasteiger partial charge in [0.2, 0.25) is 0 Å². The number of hydrogen-bond acceptors (Lipinski definition) is 2. The molecule has 2 N–H and O–H groups in total. The molecule has 1 fully saturated rings. The molecule has 1 aliphatic carbocycles. The Labute approximate surface area is 101 Å². The van der Waals surface area contributed by atoms with Gasteiger partial charge in [-0.1, -0.05) is 46.5 Å². The Morgan fingerprint density at radius 2 is 2.00 bits per heavy atom. The third kappa shape index (κ3) is 4.42. The fraction of sp³-hybridized carbons (Fsp3) is 1.00. The molecule has 96 valence electrons. The molecule has 0 spiro atoms. The topological polar surface area (TPSA) is 32.3 Å². The van der Waals surface area contributed by atoms with Crippen LogP contribution in [-0.4, -0.2) is 24.3 Å². The Kier molecular flexibility index (Phi) is 6.37. The summed E-state index contributed by atoms with van der Waals surface area (Å²) in [6.45, 7) is 8.48. The molecule has 1 rings (SSSR count). The summed E-state index contributed by atoms with van der Waals surface area (Å²) in [5.74, 6) is 2.11. The lowest BCUT2D eigenvalue weighted by Crippen LogP contribution is -2.36. The molecule has 0 bridgehead atoms. The van der Waals surface area contributed by atoms with Crippen molar-refractivity contribution in [3.05, 3.63) is 0 Å². The monoisotopic (exact) mass is 227 g/mol. The highest BCUT2D eigenvalue weighted by Gasteiger charge is 2.21. The first kappa shape index (κ1) is 14.0. The van der Waals surface area contributed by atoms with Crippen molar-refractivity contribution in [1.29, 1.82) is 0 Å². The average Bonchev–Trinajstić information content (AvgIpc) is 2.30. The van der Waals surface area contributed by atoms with E-state index in [2.05, 4.69) is 26.1 Å². The van der Waals surface area contributed by atoms with E-state index in [4.69, 9.17) is 0 Å². The summed E-state index contributed by atoms with van der Waals surface area (Å²) in [7, 11) is 0. The molecule has 4 atom stereocenters. The smallest absolute Gasteiger partial charge is 0.0689 e. The van der Waals surface area contributed by atoms with Gasteiger partial charge in [0.25, 0.3) is 0 Å². The maximum absolute atomic E-state index is 9.85. The number of hydrogen-bond donors (Lipinski definition) is 2. The second-order valence-corrected chi connectivity index (χ2v) is 5.63. The summed E-state index contributed by atoms with van der Waals surface area (Å²) in [5.41, 5.74) is 0. The molecule has 0 heterocycles. The first-order valence-corrected chi connectivity index (χ1v) is 7.04. The highest BCUT2D eigenvalue weighted by molar-refractivity contribution is 4.75. The van der Waals surface area contributed by atoms with Gasteiger partial charge in [-0.05, 0) is 30.7 Å². The Bertz CT molecular complexity index is 184. The van der Waals surface area contributed by atoms with Gasteiger partial charge in [0, 0.05) is 6.54 Å². The minimum atomic E-state index is -0.177. The fourth-order valence-corrected chi connectivity index (χ4v) is 2.59. The summed E-state index contributed by atoms with van der Waals surface area (Å²) in [5, 5.41) is 13.3. The van der Waals surface area contributed by atoms with Crippen molar-refractivity contribution in [3.63, 3.8) is 0 Å². The first-order valence-electron chi connectivity index (χ1n) is 7.04. The molecule has 0 aromatic rings. The highest BCUT2D eigenvalue weighted by atomic mass is 16.3. The molecular weight excluding hydrogens is 198 g/mol. The lowest BCUT2D eigenvalue weighted by atomic mass is 9.80. The molecule has 2 nitrogen and oxygen atoms in total. The highest BCUT2D eigenvalue weighted by Crippen LogP contribution is 2.28. The Morgan fingerprint density at radius 3 is 2.62 bits per heavy atom. The Hall–Kier alpha value is -0.0800. The molecule has 2 heteroatoms. The normalized spacial score (nSPS) is 30.0. The summed E-state index contributed by atoms with van der Waals surface area (Å²) in [6, 6.07) is 0. The third-order valence-corrected chi connectivity index (χ3v) is 4.35. The van der Waals surface area contributed by atoms with E-state index in [0.717, 1.165) is 31.3 Å². The van der Waals surface area contributed by atoms with Crippen molar-refractivity contribution < 1.29 is 5.11 Å². The number of aliphatic hydroxyl groups is 1. The van der Waals surface area contributed by atoms with E-state index in [9.17, 15) is 5.11 Å². The van der Waals surface area contributed by atoms with Crippen LogP contribution >= 0.6 is 0 Å². The third-order valence-electron chi connectivity index (χ3n) is 4.35. The van der Waals surface area contributed by atoms with Gasteiger partial charge in [-0.25, -0.2) is 0 Å². The minimum absolute atomic E-state index is 0.177. The first-order chi connectivity index (χ1) is 7.65. The second-order valence-electron chi connectivity index (χ2n) is 5.63. The molecule has 0 radical (unpaired) electrons. The predicted octanol–water partition coefficient (Wildman–Crippen LogP) is 2.81. The van der Waals surface area contributed by atoms with Gasteiger partial charge in [0.1, 0.15) is 0 Å². The average molecular weight is 227 g/mol. The van der Waals surface area contributed by atoms with E-state index in [1.54, 1.807) is 0 Å². The lowest BCUT2D eigenvalue weighted by molar-refractivity contribution is 0.109. The Balaban J connectivity index is 2.14. The number of nitrogens with one attached hydrogen (secondary N) is 1. The van der Waals surface area contributed by atoms with Crippen molar-refractivity contribution in [1.82, 2.24) is 5.32 Å². The SMILES string of the molecule is CCC(C)C(O)CNCC1CCCCC1C. The van der Waals surface area contributed by atoms with Crippen molar-refractivity contribution in [2.45, 2.75) is 59.0 Å². The predicted molar refractivity (Wildman–Crippen MR) is 69.5 cm³/mol. The van der Waals surface area contributed by atoms with Crippen LogP contribution < -0.4 is 5.32 Å². The molecular formula is C14H29NO. The summed E-state index contributed by atoms with van der Waals surface area (Å²) >= 11 is 0. The quantitative estimate of drug-likeness (QED) is 0.731. The summed E-state index contributed by atoms with van der Waals surface area (Å²) in [4.78, 5) is 0. The van der Waals surface area contributed by atoms with E-state index in [1.807, 2.05) is 0 Å². The van der Waals surface area contributed by atoms with Crippen LogP contribution in [0.25, 0.3) is 0 Å². The second kappa shape index (κ2) is 7.29. The van der Waals surface area contributed by atoms with Crippen LogP contribution in [0.1, 0.15) is 52.9 Å². The zero-order valence-corrected chi connectivity index (χ0v) is 11.2. The molecule has 0 aromatic carbocycles.